The molecule has 5 nitrogen and oxygen atoms in total. The fourth-order valence-corrected chi connectivity index (χ4v) is 1.60. The molecule has 0 aliphatic carbocycles. The van der Waals surface area contributed by atoms with Gasteiger partial charge in [0.05, 0.1) is 6.04 Å². The third-order valence-electron chi connectivity index (χ3n) is 2.47. The number of hydrogen-bond acceptors (Lipinski definition) is 3. The third kappa shape index (κ3) is 3.20. The predicted molar refractivity (Wildman–Crippen MR) is 54.1 cm³/mol. The van der Waals surface area contributed by atoms with Crippen LogP contribution < -0.4 is 17.0 Å². The van der Waals surface area contributed by atoms with E-state index in [4.69, 9.17) is 11.6 Å². The summed E-state index contributed by atoms with van der Waals surface area (Å²) >= 11 is 0. The monoisotopic (exact) mass is 185 g/mol. The molecule has 1 aliphatic rings. The molecule has 5 N–H and O–H groups in total. The van der Waals surface area contributed by atoms with E-state index in [1.54, 1.807) is 0 Å². The van der Waals surface area contributed by atoms with Crippen LogP contribution in [0.1, 0.15) is 19.8 Å². The number of rotatable bonds is 2. The standard InChI is InChI=1S/C8H19N5/c1-2-13-5-3-7(4-6-13)11-8(9)12-10/h7H,2-6,10H2,1H3,(H3,9,11,12). The summed E-state index contributed by atoms with van der Waals surface area (Å²) in [5, 5.41) is 0. The molecule has 0 radical (unpaired) electrons. The van der Waals surface area contributed by atoms with E-state index in [9.17, 15) is 0 Å². The lowest BCUT2D eigenvalue weighted by Crippen LogP contribution is -2.40. The number of guanidine groups is 1. The maximum Gasteiger partial charge on any atom is 0.203 e. The molecule has 0 aromatic heterocycles. The summed E-state index contributed by atoms with van der Waals surface area (Å²) < 4.78 is 0. The van der Waals surface area contributed by atoms with Crippen LogP contribution in [0.15, 0.2) is 4.99 Å². The molecule has 1 heterocycles. The molecule has 1 fully saturated rings. The van der Waals surface area contributed by atoms with Crippen molar-refractivity contribution in [2.45, 2.75) is 25.8 Å². The molecule has 0 saturated carbocycles. The summed E-state index contributed by atoms with van der Waals surface area (Å²) in [6.07, 6.45) is 2.16. The number of aliphatic imine (C=N–C) groups is 1. The molecule has 0 unspecified atom stereocenters. The summed E-state index contributed by atoms with van der Waals surface area (Å²) in [5.41, 5.74) is 7.82. The van der Waals surface area contributed by atoms with Crippen molar-refractivity contribution in [1.29, 1.82) is 0 Å². The summed E-state index contributed by atoms with van der Waals surface area (Å²) in [5.74, 6) is 5.47. The normalized spacial score (nSPS) is 21.8. The third-order valence-corrected chi connectivity index (χ3v) is 2.47. The molecule has 1 saturated heterocycles. The van der Waals surface area contributed by atoms with Gasteiger partial charge < -0.3 is 10.6 Å². The molecule has 13 heavy (non-hydrogen) atoms. The van der Waals surface area contributed by atoms with E-state index in [-0.39, 0.29) is 0 Å². The second kappa shape index (κ2) is 5.04. The lowest BCUT2D eigenvalue weighted by atomic mass is 10.1. The zero-order valence-electron chi connectivity index (χ0n) is 8.16. The average Bonchev–Trinajstić information content (AvgIpc) is 2.19. The number of nitrogens with two attached hydrogens (primary N) is 2. The molecule has 5 heteroatoms. The summed E-state index contributed by atoms with van der Waals surface area (Å²) in [6, 6.07) is 0.346. The van der Waals surface area contributed by atoms with Crippen LogP contribution in [0.4, 0.5) is 0 Å². The molecule has 0 amide bonds. The number of hydrazine groups is 1. The van der Waals surface area contributed by atoms with E-state index < -0.39 is 0 Å². The van der Waals surface area contributed by atoms with E-state index >= 15 is 0 Å². The van der Waals surface area contributed by atoms with Gasteiger partial charge in [0.25, 0.3) is 0 Å². The van der Waals surface area contributed by atoms with Crippen molar-refractivity contribution in [1.82, 2.24) is 10.3 Å². The molecule has 76 valence electrons. The van der Waals surface area contributed by atoms with Crippen molar-refractivity contribution >= 4 is 5.96 Å². The van der Waals surface area contributed by atoms with Gasteiger partial charge in [-0.05, 0) is 19.4 Å². The molecule has 0 atom stereocenters. The van der Waals surface area contributed by atoms with Crippen LogP contribution in [0.5, 0.6) is 0 Å². The van der Waals surface area contributed by atoms with E-state index in [0.717, 1.165) is 32.5 Å². The highest BCUT2D eigenvalue weighted by Gasteiger charge is 2.16. The van der Waals surface area contributed by atoms with E-state index in [0.29, 0.717) is 12.0 Å². The summed E-state index contributed by atoms with van der Waals surface area (Å²) in [6.45, 7) is 5.53. The first-order chi connectivity index (χ1) is 6.26. The Morgan fingerprint density at radius 3 is 2.62 bits per heavy atom. The van der Waals surface area contributed by atoms with Crippen LogP contribution in [0, 0.1) is 0 Å². The van der Waals surface area contributed by atoms with Crippen LogP contribution in [-0.4, -0.2) is 36.5 Å². The Morgan fingerprint density at radius 1 is 1.54 bits per heavy atom. The Labute approximate surface area is 79.1 Å². The Hall–Kier alpha value is -0.810. The highest BCUT2D eigenvalue weighted by molar-refractivity contribution is 5.77. The smallest absolute Gasteiger partial charge is 0.203 e. The maximum atomic E-state index is 5.47. The van der Waals surface area contributed by atoms with Crippen molar-refractivity contribution < 1.29 is 0 Å². The van der Waals surface area contributed by atoms with Gasteiger partial charge in [0.1, 0.15) is 0 Å². The van der Waals surface area contributed by atoms with Crippen molar-refractivity contribution in [2.24, 2.45) is 16.6 Å². The maximum absolute atomic E-state index is 5.47. The lowest BCUT2D eigenvalue weighted by Gasteiger charge is -2.28. The lowest BCUT2D eigenvalue weighted by molar-refractivity contribution is 0.224. The van der Waals surface area contributed by atoms with Crippen molar-refractivity contribution in [2.75, 3.05) is 19.6 Å². The van der Waals surface area contributed by atoms with Crippen molar-refractivity contribution in [3.63, 3.8) is 0 Å². The first-order valence-corrected chi connectivity index (χ1v) is 4.78. The molecule has 1 rings (SSSR count). The van der Waals surface area contributed by atoms with E-state index in [1.807, 2.05) is 0 Å². The van der Waals surface area contributed by atoms with Crippen LogP contribution in [0.2, 0.25) is 0 Å². The van der Waals surface area contributed by atoms with Crippen LogP contribution in [0.3, 0.4) is 0 Å². The van der Waals surface area contributed by atoms with Gasteiger partial charge in [-0.15, -0.1) is 0 Å². The minimum atomic E-state index is 0.343. The molecular weight excluding hydrogens is 166 g/mol. The zero-order valence-corrected chi connectivity index (χ0v) is 8.16. The van der Waals surface area contributed by atoms with Gasteiger partial charge in [0.15, 0.2) is 0 Å². The SMILES string of the molecule is CCN1CCC(N=C(N)NN)CC1. The van der Waals surface area contributed by atoms with E-state index in [1.165, 1.54) is 0 Å². The largest absolute Gasteiger partial charge is 0.369 e. The van der Waals surface area contributed by atoms with Gasteiger partial charge in [-0.1, -0.05) is 6.92 Å². The zero-order chi connectivity index (χ0) is 9.68. The molecule has 0 spiro atoms. The van der Waals surface area contributed by atoms with Gasteiger partial charge in [0.2, 0.25) is 5.96 Å². The Kier molecular flexibility index (Phi) is 3.98. The number of nitrogens with one attached hydrogen (secondary N) is 1. The van der Waals surface area contributed by atoms with Gasteiger partial charge in [-0.25, -0.2) is 10.8 Å². The highest BCUT2D eigenvalue weighted by Crippen LogP contribution is 2.12. The summed E-state index contributed by atoms with van der Waals surface area (Å²) in [4.78, 5) is 6.67. The van der Waals surface area contributed by atoms with Gasteiger partial charge in [0, 0.05) is 13.1 Å². The molecule has 0 aromatic carbocycles. The van der Waals surface area contributed by atoms with Crippen molar-refractivity contribution in [3.8, 4) is 0 Å². The van der Waals surface area contributed by atoms with Gasteiger partial charge >= 0.3 is 0 Å². The van der Waals surface area contributed by atoms with Crippen LogP contribution in [-0.2, 0) is 0 Å². The minimum absolute atomic E-state index is 0.343. The van der Waals surface area contributed by atoms with Crippen molar-refractivity contribution in [3.05, 3.63) is 0 Å². The Morgan fingerprint density at radius 2 is 2.15 bits per heavy atom. The number of hydrogen-bond donors (Lipinski definition) is 3. The highest BCUT2D eigenvalue weighted by atomic mass is 15.3. The molecule has 1 aliphatic heterocycles. The minimum Gasteiger partial charge on any atom is -0.369 e. The molecule has 0 bridgehead atoms. The Balaban J connectivity index is 2.32. The fourth-order valence-electron chi connectivity index (χ4n) is 1.60. The first kappa shape index (κ1) is 10.3. The van der Waals surface area contributed by atoms with Crippen LogP contribution >= 0.6 is 0 Å². The van der Waals surface area contributed by atoms with Gasteiger partial charge in [-0.3, -0.25) is 5.43 Å². The number of nitrogens with zero attached hydrogens (tertiary/aromatic N) is 2. The topological polar surface area (TPSA) is 79.7 Å². The Bertz CT molecular complexity index is 171. The fraction of sp³-hybridized carbons (Fsp3) is 0.875. The van der Waals surface area contributed by atoms with Gasteiger partial charge in [-0.2, -0.15) is 0 Å². The summed E-state index contributed by atoms with van der Waals surface area (Å²) in [7, 11) is 0. The average molecular weight is 185 g/mol. The quantitative estimate of drug-likeness (QED) is 0.229. The van der Waals surface area contributed by atoms with E-state index in [2.05, 4.69) is 22.2 Å². The molecular formula is C8H19N5. The molecule has 0 aromatic rings. The van der Waals surface area contributed by atoms with Crippen LogP contribution in [0.25, 0.3) is 0 Å². The number of likely N-dealkylation sites (tertiary alicyclic amines) is 1. The second-order valence-electron chi connectivity index (χ2n) is 3.32. The second-order valence-corrected chi connectivity index (χ2v) is 3.32. The predicted octanol–water partition coefficient (Wildman–Crippen LogP) is -0.751. The number of piperidine rings is 1. The first-order valence-electron chi connectivity index (χ1n) is 4.78.